The van der Waals surface area contributed by atoms with Crippen molar-refractivity contribution in [3.63, 3.8) is 0 Å². The number of rotatable bonds is 1. The average molecular weight is 250 g/mol. The van der Waals surface area contributed by atoms with Crippen molar-refractivity contribution in [1.29, 1.82) is 0 Å². The van der Waals surface area contributed by atoms with Crippen molar-refractivity contribution >= 4 is 11.4 Å². The van der Waals surface area contributed by atoms with Gasteiger partial charge in [-0.15, -0.1) is 0 Å². The van der Waals surface area contributed by atoms with Crippen LogP contribution in [0, 0.1) is 0 Å². The van der Waals surface area contributed by atoms with Gasteiger partial charge in [0.15, 0.2) is 0 Å². The van der Waals surface area contributed by atoms with E-state index < -0.39 is 0 Å². The largest absolute Gasteiger partial charge is 0.337 e. The van der Waals surface area contributed by atoms with Crippen molar-refractivity contribution in [3.8, 4) is 0 Å². The topological polar surface area (TPSA) is 15.3 Å². The van der Waals surface area contributed by atoms with E-state index >= 15 is 0 Å². The fraction of sp³-hybridized carbons (Fsp3) is 0.294. The predicted octanol–water partition coefficient (Wildman–Crippen LogP) is 3.28. The minimum absolute atomic E-state index is 0.612. The van der Waals surface area contributed by atoms with Gasteiger partial charge in [0.05, 0.1) is 0 Å². The smallest absolute Gasteiger partial charge is 0.0450 e. The zero-order chi connectivity index (χ0) is 12.7. The van der Waals surface area contributed by atoms with Gasteiger partial charge >= 0.3 is 0 Å². The number of hydrogen-bond acceptors (Lipinski definition) is 2. The molecule has 2 heterocycles. The first-order valence-corrected chi connectivity index (χ1v) is 7.09. The van der Waals surface area contributed by atoms with Crippen LogP contribution >= 0.6 is 0 Å². The lowest BCUT2D eigenvalue weighted by molar-refractivity contribution is 0.419. The van der Waals surface area contributed by atoms with Gasteiger partial charge in [-0.2, -0.15) is 0 Å². The van der Waals surface area contributed by atoms with Crippen molar-refractivity contribution in [2.75, 3.05) is 18.0 Å². The molecule has 0 unspecified atom stereocenters. The number of piperidine rings is 1. The van der Waals surface area contributed by atoms with E-state index in [1.54, 1.807) is 0 Å². The van der Waals surface area contributed by atoms with Crippen molar-refractivity contribution in [2.24, 2.45) is 0 Å². The maximum atomic E-state index is 3.54. The molecule has 2 aliphatic heterocycles. The molecule has 1 N–H and O–H groups in total. The number of para-hydroxylation sites is 2. The molecule has 0 spiro atoms. The van der Waals surface area contributed by atoms with Crippen LogP contribution in [0.25, 0.3) is 0 Å². The molecule has 1 saturated heterocycles. The number of anilines is 2. The second-order valence-electron chi connectivity index (χ2n) is 5.43. The summed E-state index contributed by atoms with van der Waals surface area (Å²) in [7, 11) is 0. The molecule has 96 valence electrons. The Balaban J connectivity index is 1.85. The van der Waals surface area contributed by atoms with E-state index in [9.17, 15) is 0 Å². The summed E-state index contributed by atoms with van der Waals surface area (Å²) in [6.07, 6.45) is 1.22. The molecule has 0 bridgehead atoms. The van der Waals surface area contributed by atoms with Crippen LogP contribution in [0.1, 0.15) is 17.9 Å². The van der Waals surface area contributed by atoms with E-state index in [4.69, 9.17) is 0 Å². The van der Waals surface area contributed by atoms with Crippen LogP contribution in [0.15, 0.2) is 54.6 Å². The highest BCUT2D eigenvalue weighted by Crippen LogP contribution is 2.46. The highest BCUT2D eigenvalue weighted by atomic mass is 15.2. The molecule has 0 aliphatic carbocycles. The molecular weight excluding hydrogens is 232 g/mol. The summed E-state index contributed by atoms with van der Waals surface area (Å²) < 4.78 is 0. The van der Waals surface area contributed by atoms with E-state index in [0.717, 1.165) is 13.1 Å². The fourth-order valence-electron chi connectivity index (χ4n) is 3.59. The summed E-state index contributed by atoms with van der Waals surface area (Å²) >= 11 is 0. The number of nitrogens with one attached hydrogen (secondary N) is 1. The Morgan fingerprint density at radius 2 is 1.74 bits per heavy atom. The Bertz CT molecular complexity index is 579. The van der Waals surface area contributed by atoms with E-state index in [1.807, 2.05) is 0 Å². The van der Waals surface area contributed by atoms with Crippen LogP contribution in [-0.2, 0) is 0 Å². The van der Waals surface area contributed by atoms with Crippen molar-refractivity contribution in [3.05, 3.63) is 60.2 Å². The summed E-state index contributed by atoms with van der Waals surface area (Å²) in [5, 5.41) is 3.54. The van der Waals surface area contributed by atoms with Gasteiger partial charge in [0.25, 0.3) is 0 Å². The number of fused-ring (bicyclic) bond motifs is 3. The third kappa shape index (κ3) is 1.67. The van der Waals surface area contributed by atoms with E-state index in [-0.39, 0.29) is 0 Å². The molecule has 2 aromatic rings. The van der Waals surface area contributed by atoms with Crippen molar-refractivity contribution < 1.29 is 0 Å². The Labute approximate surface area is 114 Å². The quantitative estimate of drug-likeness (QED) is 0.835. The molecule has 0 aromatic heterocycles. The van der Waals surface area contributed by atoms with Gasteiger partial charge < -0.3 is 10.2 Å². The molecule has 0 saturated carbocycles. The Kier molecular flexibility index (Phi) is 2.56. The van der Waals surface area contributed by atoms with Crippen molar-refractivity contribution in [1.82, 2.24) is 5.32 Å². The molecule has 19 heavy (non-hydrogen) atoms. The molecular formula is C17H18N2. The van der Waals surface area contributed by atoms with Crippen molar-refractivity contribution in [2.45, 2.75) is 18.4 Å². The number of benzene rings is 2. The maximum Gasteiger partial charge on any atom is 0.0450 e. The Hall–Kier alpha value is -1.80. The molecule has 4 rings (SSSR count). The number of hydrogen-bond donors (Lipinski definition) is 1. The highest BCUT2D eigenvalue weighted by Gasteiger charge is 2.39. The summed E-state index contributed by atoms with van der Waals surface area (Å²) in [5.41, 5.74) is 4.22. The second kappa shape index (κ2) is 4.39. The molecule has 2 heteroatoms. The molecule has 0 amide bonds. The summed E-state index contributed by atoms with van der Waals surface area (Å²) in [6, 6.07) is 20.3. The third-order valence-corrected chi connectivity index (χ3v) is 4.41. The first kappa shape index (κ1) is 11.1. The van der Waals surface area contributed by atoms with Gasteiger partial charge in [0.2, 0.25) is 0 Å². The van der Waals surface area contributed by atoms with Crippen LogP contribution in [0.3, 0.4) is 0 Å². The van der Waals surface area contributed by atoms with Crippen LogP contribution in [0.4, 0.5) is 11.4 Å². The van der Waals surface area contributed by atoms with Gasteiger partial charge in [-0.1, -0.05) is 36.4 Å². The summed E-state index contributed by atoms with van der Waals surface area (Å²) in [5.74, 6) is 0.630. The lowest BCUT2D eigenvalue weighted by Crippen LogP contribution is -2.42. The van der Waals surface area contributed by atoms with Crippen LogP contribution in [0.2, 0.25) is 0 Å². The van der Waals surface area contributed by atoms with Gasteiger partial charge in [0, 0.05) is 29.9 Å². The molecule has 2 aliphatic rings. The summed E-state index contributed by atoms with van der Waals surface area (Å²) in [6.45, 7) is 2.23. The lowest BCUT2D eigenvalue weighted by Gasteiger charge is -2.34. The molecule has 2 aromatic carbocycles. The molecule has 0 radical (unpaired) electrons. The number of nitrogens with zero attached hydrogens (tertiary/aromatic N) is 1. The maximum absolute atomic E-state index is 3.54. The summed E-state index contributed by atoms with van der Waals surface area (Å²) in [4.78, 5) is 2.54. The minimum atomic E-state index is 0.612. The normalized spacial score (nSPS) is 24.9. The standard InChI is InChI=1S/C17H18N2/c1-2-6-13(7-3-1)19-16-9-5-4-8-14(16)15-12-18-11-10-17(15)19/h1-9,15,17-18H,10-12H2/t15-,17+/m1/s1. The van der Waals surface area contributed by atoms with Gasteiger partial charge in [-0.05, 0) is 36.7 Å². The third-order valence-electron chi connectivity index (χ3n) is 4.41. The van der Waals surface area contributed by atoms with Gasteiger partial charge in [0.1, 0.15) is 0 Å². The molecule has 1 fully saturated rings. The van der Waals surface area contributed by atoms with E-state index in [1.165, 1.54) is 23.4 Å². The fourth-order valence-corrected chi connectivity index (χ4v) is 3.59. The van der Waals surface area contributed by atoms with Crippen LogP contribution in [0.5, 0.6) is 0 Å². The van der Waals surface area contributed by atoms with E-state index in [0.29, 0.717) is 12.0 Å². The monoisotopic (exact) mass is 250 g/mol. The predicted molar refractivity (Wildman–Crippen MR) is 79.0 cm³/mol. The van der Waals surface area contributed by atoms with Crippen LogP contribution < -0.4 is 10.2 Å². The van der Waals surface area contributed by atoms with Gasteiger partial charge in [-0.3, -0.25) is 0 Å². The van der Waals surface area contributed by atoms with E-state index in [2.05, 4.69) is 64.8 Å². The zero-order valence-electron chi connectivity index (χ0n) is 10.9. The second-order valence-corrected chi connectivity index (χ2v) is 5.43. The first-order chi connectivity index (χ1) is 9.45. The minimum Gasteiger partial charge on any atom is -0.337 e. The zero-order valence-corrected chi connectivity index (χ0v) is 10.9. The molecule has 2 atom stereocenters. The van der Waals surface area contributed by atoms with Gasteiger partial charge in [-0.25, -0.2) is 0 Å². The highest BCUT2D eigenvalue weighted by molar-refractivity contribution is 5.72. The Morgan fingerprint density at radius 1 is 0.947 bits per heavy atom. The lowest BCUT2D eigenvalue weighted by atomic mass is 9.90. The SMILES string of the molecule is c1ccc(N2c3ccccc3[C@H]3CNCC[C@@H]32)cc1. The Morgan fingerprint density at radius 3 is 2.63 bits per heavy atom. The first-order valence-electron chi connectivity index (χ1n) is 7.09. The van der Waals surface area contributed by atoms with Crippen LogP contribution in [-0.4, -0.2) is 19.1 Å². The molecule has 2 nitrogen and oxygen atoms in total. The average Bonchev–Trinajstić information content (AvgIpc) is 2.83.